The second kappa shape index (κ2) is 3.75. The molecule has 0 saturated carbocycles. The van der Waals surface area contributed by atoms with Crippen molar-refractivity contribution in [2.75, 3.05) is 0 Å². The predicted molar refractivity (Wildman–Crippen MR) is 54.9 cm³/mol. The van der Waals surface area contributed by atoms with Crippen LogP contribution in [0.4, 0.5) is 0 Å². The van der Waals surface area contributed by atoms with E-state index < -0.39 is 0 Å². The molecule has 0 atom stereocenters. The van der Waals surface area contributed by atoms with Gasteiger partial charge in [0.2, 0.25) is 0 Å². The van der Waals surface area contributed by atoms with Crippen LogP contribution in [-0.4, -0.2) is 14.6 Å². The molecule has 0 spiro atoms. The van der Waals surface area contributed by atoms with E-state index in [1.54, 1.807) is 0 Å². The minimum Gasteiger partial charge on any atom is -0.326 e. The third kappa shape index (κ3) is 1.48. The molecule has 0 aliphatic heterocycles. The first-order chi connectivity index (χ1) is 6.85. The van der Waals surface area contributed by atoms with Crippen molar-refractivity contribution in [2.24, 2.45) is 5.73 Å². The maximum Gasteiger partial charge on any atom is 0.161 e. The number of pyridine rings is 1. The number of nitrogens with zero attached hydrogens (tertiary/aromatic N) is 3. The zero-order valence-corrected chi connectivity index (χ0v) is 8.27. The summed E-state index contributed by atoms with van der Waals surface area (Å²) in [7, 11) is 0. The summed E-state index contributed by atoms with van der Waals surface area (Å²) in [6.07, 6.45) is 4.03. The van der Waals surface area contributed by atoms with Gasteiger partial charge >= 0.3 is 0 Å². The summed E-state index contributed by atoms with van der Waals surface area (Å²) in [6.45, 7) is 2.68. The summed E-state index contributed by atoms with van der Waals surface area (Å²) in [6, 6.07) is 3.99. The molecule has 0 aliphatic rings. The highest BCUT2D eigenvalue weighted by Crippen LogP contribution is 2.08. The number of hydrogen-bond acceptors (Lipinski definition) is 3. The third-order valence-corrected chi connectivity index (χ3v) is 2.25. The Bertz CT molecular complexity index is 433. The summed E-state index contributed by atoms with van der Waals surface area (Å²) >= 11 is 0. The fraction of sp³-hybridized carbons (Fsp3) is 0.400. The molecule has 0 amide bonds. The standard InChI is InChI=1S/C10H14N4/c1-2-3-9-12-13-10-6-8(7-11)4-5-14(9)10/h4-6H,2-3,7,11H2,1H3. The monoisotopic (exact) mass is 190 g/mol. The summed E-state index contributed by atoms with van der Waals surface area (Å²) < 4.78 is 2.02. The Morgan fingerprint density at radius 3 is 3.00 bits per heavy atom. The Balaban J connectivity index is 2.48. The highest BCUT2D eigenvalue weighted by Gasteiger charge is 2.03. The lowest BCUT2D eigenvalue weighted by Gasteiger charge is -1.99. The van der Waals surface area contributed by atoms with Crippen molar-refractivity contribution in [1.29, 1.82) is 0 Å². The van der Waals surface area contributed by atoms with E-state index in [1.165, 1.54) is 0 Å². The van der Waals surface area contributed by atoms with Gasteiger partial charge in [-0.15, -0.1) is 10.2 Å². The highest BCUT2D eigenvalue weighted by atomic mass is 15.2. The zero-order valence-electron chi connectivity index (χ0n) is 8.27. The Labute approximate surface area is 82.8 Å². The van der Waals surface area contributed by atoms with Crippen molar-refractivity contribution in [1.82, 2.24) is 14.6 Å². The van der Waals surface area contributed by atoms with Crippen LogP contribution in [0.2, 0.25) is 0 Å². The van der Waals surface area contributed by atoms with Crippen LogP contribution in [0.5, 0.6) is 0 Å². The summed E-state index contributed by atoms with van der Waals surface area (Å²) in [5, 5.41) is 8.24. The van der Waals surface area contributed by atoms with Gasteiger partial charge in [-0.05, 0) is 24.1 Å². The van der Waals surface area contributed by atoms with Gasteiger partial charge in [0.15, 0.2) is 5.65 Å². The molecule has 0 unspecified atom stereocenters. The third-order valence-electron chi connectivity index (χ3n) is 2.25. The van der Waals surface area contributed by atoms with Crippen molar-refractivity contribution >= 4 is 5.65 Å². The van der Waals surface area contributed by atoms with Gasteiger partial charge in [0.1, 0.15) is 5.82 Å². The van der Waals surface area contributed by atoms with E-state index in [0.717, 1.165) is 29.9 Å². The fourth-order valence-corrected chi connectivity index (χ4v) is 1.50. The van der Waals surface area contributed by atoms with E-state index in [-0.39, 0.29) is 0 Å². The second-order valence-electron chi connectivity index (χ2n) is 3.33. The Morgan fingerprint density at radius 1 is 1.43 bits per heavy atom. The van der Waals surface area contributed by atoms with Crippen LogP contribution in [0.1, 0.15) is 24.7 Å². The molecule has 0 radical (unpaired) electrons. The molecule has 2 aromatic rings. The first-order valence-corrected chi connectivity index (χ1v) is 4.87. The van der Waals surface area contributed by atoms with E-state index in [9.17, 15) is 0 Å². The molecule has 0 aliphatic carbocycles. The van der Waals surface area contributed by atoms with Gasteiger partial charge in [0, 0.05) is 19.2 Å². The molecule has 2 aromatic heterocycles. The zero-order chi connectivity index (χ0) is 9.97. The predicted octanol–water partition coefficient (Wildman–Crippen LogP) is 1.14. The van der Waals surface area contributed by atoms with Crippen molar-refractivity contribution in [3.8, 4) is 0 Å². The van der Waals surface area contributed by atoms with Crippen molar-refractivity contribution in [3.63, 3.8) is 0 Å². The van der Waals surface area contributed by atoms with Crippen LogP contribution >= 0.6 is 0 Å². The largest absolute Gasteiger partial charge is 0.326 e. The molecular formula is C10H14N4. The summed E-state index contributed by atoms with van der Waals surface area (Å²) in [4.78, 5) is 0. The normalized spacial score (nSPS) is 11.0. The first-order valence-electron chi connectivity index (χ1n) is 4.87. The van der Waals surface area contributed by atoms with Crippen LogP contribution in [0.25, 0.3) is 5.65 Å². The van der Waals surface area contributed by atoms with E-state index in [1.807, 2.05) is 22.7 Å². The second-order valence-corrected chi connectivity index (χ2v) is 3.33. The smallest absolute Gasteiger partial charge is 0.161 e. The number of fused-ring (bicyclic) bond motifs is 1. The fourth-order valence-electron chi connectivity index (χ4n) is 1.50. The Morgan fingerprint density at radius 2 is 2.29 bits per heavy atom. The van der Waals surface area contributed by atoms with Gasteiger partial charge in [0.05, 0.1) is 0 Å². The lowest BCUT2D eigenvalue weighted by molar-refractivity contribution is 0.817. The van der Waals surface area contributed by atoms with Gasteiger partial charge in [-0.3, -0.25) is 4.40 Å². The van der Waals surface area contributed by atoms with Crippen LogP contribution in [-0.2, 0) is 13.0 Å². The molecular weight excluding hydrogens is 176 g/mol. The number of aromatic nitrogens is 3. The van der Waals surface area contributed by atoms with E-state index in [0.29, 0.717) is 6.54 Å². The van der Waals surface area contributed by atoms with Crippen LogP contribution in [0, 0.1) is 0 Å². The molecule has 2 heterocycles. The van der Waals surface area contributed by atoms with E-state index in [2.05, 4.69) is 17.1 Å². The average molecular weight is 190 g/mol. The van der Waals surface area contributed by atoms with E-state index >= 15 is 0 Å². The van der Waals surface area contributed by atoms with Gasteiger partial charge in [0.25, 0.3) is 0 Å². The average Bonchev–Trinajstić information content (AvgIpc) is 2.61. The quantitative estimate of drug-likeness (QED) is 0.789. The van der Waals surface area contributed by atoms with Gasteiger partial charge in [-0.1, -0.05) is 6.92 Å². The lowest BCUT2D eigenvalue weighted by atomic mass is 10.2. The molecule has 14 heavy (non-hydrogen) atoms. The molecule has 74 valence electrons. The lowest BCUT2D eigenvalue weighted by Crippen LogP contribution is -1.98. The van der Waals surface area contributed by atoms with E-state index in [4.69, 9.17) is 5.73 Å². The number of hydrogen-bond donors (Lipinski definition) is 1. The number of nitrogens with two attached hydrogens (primary N) is 1. The minimum atomic E-state index is 0.548. The van der Waals surface area contributed by atoms with Crippen LogP contribution in [0.3, 0.4) is 0 Å². The maximum atomic E-state index is 5.55. The molecule has 0 saturated heterocycles. The van der Waals surface area contributed by atoms with Crippen molar-refractivity contribution in [3.05, 3.63) is 29.7 Å². The van der Waals surface area contributed by atoms with Crippen molar-refractivity contribution < 1.29 is 0 Å². The molecule has 2 N–H and O–H groups in total. The molecule has 0 fully saturated rings. The maximum absolute atomic E-state index is 5.55. The Hall–Kier alpha value is -1.42. The van der Waals surface area contributed by atoms with Crippen LogP contribution in [0.15, 0.2) is 18.3 Å². The van der Waals surface area contributed by atoms with Crippen LogP contribution < -0.4 is 5.73 Å². The Kier molecular flexibility index (Phi) is 2.45. The topological polar surface area (TPSA) is 56.2 Å². The van der Waals surface area contributed by atoms with Gasteiger partial charge in [-0.25, -0.2) is 0 Å². The molecule has 0 aromatic carbocycles. The van der Waals surface area contributed by atoms with Gasteiger partial charge < -0.3 is 5.73 Å². The molecule has 0 bridgehead atoms. The highest BCUT2D eigenvalue weighted by molar-refractivity contribution is 5.41. The molecule has 4 heteroatoms. The summed E-state index contributed by atoms with van der Waals surface area (Å²) in [5.74, 6) is 1.02. The van der Waals surface area contributed by atoms with Gasteiger partial charge in [-0.2, -0.15) is 0 Å². The molecule has 2 rings (SSSR count). The first kappa shape index (κ1) is 9.15. The minimum absolute atomic E-state index is 0.548. The summed E-state index contributed by atoms with van der Waals surface area (Å²) in [5.41, 5.74) is 7.53. The number of aryl methyl sites for hydroxylation is 1. The molecule has 4 nitrogen and oxygen atoms in total. The number of rotatable bonds is 3. The van der Waals surface area contributed by atoms with Crippen molar-refractivity contribution in [2.45, 2.75) is 26.3 Å². The SMILES string of the molecule is CCCc1nnc2cc(CN)ccn12.